The molecule has 1 aromatic heterocycles. The molecule has 57 heavy (non-hydrogen) atoms. The van der Waals surface area contributed by atoms with Crippen molar-refractivity contribution >= 4 is 49.6 Å². The predicted octanol–water partition coefficient (Wildman–Crippen LogP) is 15.0. The van der Waals surface area contributed by atoms with E-state index in [4.69, 9.17) is 0 Å². The molecule has 9 aromatic carbocycles. The summed E-state index contributed by atoms with van der Waals surface area (Å²) in [5, 5.41) is 4.89. The van der Waals surface area contributed by atoms with E-state index in [9.17, 15) is 0 Å². The molecule has 2 heteroatoms. The van der Waals surface area contributed by atoms with Crippen LogP contribution in [0.5, 0.6) is 0 Å². The van der Waals surface area contributed by atoms with Gasteiger partial charge in [-0.1, -0.05) is 166 Å². The second-order valence-electron chi connectivity index (χ2n) is 15.7. The molecule has 0 radical (unpaired) electrons. The Balaban J connectivity index is 1.11. The van der Waals surface area contributed by atoms with Crippen molar-refractivity contribution in [1.82, 2.24) is 4.57 Å². The summed E-state index contributed by atoms with van der Waals surface area (Å²) in [6.45, 7) is 4.73. The van der Waals surface area contributed by atoms with E-state index < -0.39 is 0 Å². The van der Waals surface area contributed by atoms with Crippen LogP contribution in [-0.2, 0) is 5.41 Å². The molecule has 11 rings (SSSR count). The highest BCUT2D eigenvalue weighted by atomic mass is 15.1. The van der Waals surface area contributed by atoms with Crippen molar-refractivity contribution in [2.24, 2.45) is 0 Å². The maximum atomic E-state index is 2.45. The molecule has 1 heterocycles. The summed E-state index contributed by atoms with van der Waals surface area (Å²) >= 11 is 0. The average Bonchev–Trinajstić information content (AvgIpc) is 3.73. The molecular formula is C55H40N2. The van der Waals surface area contributed by atoms with Gasteiger partial charge in [-0.05, 0) is 104 Å². The van der Waals surface area contributed by atoms with E-state index in [0.717, 1.165) is 22.7 Å². The lowest BCUT2D eigenvalue weighted by atomic mass is 9.79. The van der Waals surface area contributed by atoms with Crippen LogP contribution in [0.3, 0.4) is 0 Å². The largest absolute Gasteiger partial charge is 0.310 e. The highest BCUT2D eigenvalue weighted by Crippen LogP contribution is 2.52. The van der Waals surface area contributed by atoms with Crippen LogP contribution in [0.1, 0.15) is 25.0 Å². The normalized spacial score (nSPS) is 12.9. The Morgan fingerprint density at radius 3 is 1.79 bits per heavy atom. The average molecular weight is 729 g/mol. The van der Waals surface area contributed by atoms with Gasteiger partial charge >= 0.3 is 0 Å². The van der Waals surface area contributed by atoms with Crippen LogP contribution in [-0.4, -0.2) is 4.57 Å². The number of fused-ring (bicyclic) bond motifs is 7. The van der Waals surface area contributed by atoms with E-state index in [0.29, 0.717) is 0 Å². The molecule has 0 N–H and O–H groups in total. The minimum Gasteiger partial charge on any atom is -0.310 e. The van der Waals surface area contributed by atoms with Crippen molar-refractivity contribution in [3.8, 4) is 39.1 Å². The minimum atomic E-state index is -0.0962. The summed E-state index contributed by atoms with van der Waals surface area (Å²) in [7, 11) is 0. The highest BCUT2D eigenvalue weighted by Gasteiger charge is 2.37. The van der Waals surface area contributed by atoms with Gasteiger partial charge in [-0.15, -0.1) is 0 Å². The second-order valence-corrected chi connectivity index (χ2v) is 15.7. The molecule has 0 bridgehead atoms. The number of aromatic nitrogens is 1. The van der Waals surface area contributed by atoms with E-state index in [1.54, 1.807) is 0 Å². The van der Waals surface area contributed by atoms with Gasteiger partial charge in [-0.2, -0.15) is 0 Å². The van der Waals surface area contributed by atoms with Gasteiger partial charge in [0.25, 0.3) is 0 Å². The lowest BCUT2D eigenvalue weighted by Crippen LogP contribution is -2.16. The third kappa shape index (κ3) is 5.18. The smallest absolute Gasteiger partial charge is 0.0542 e. The molecule has 1 aliphatic carbocycles. The third-order valence-corrected chi connectivity index (χ3v) is 12.2. The summed E-state index contributed by atoms with van der Waals surface area (Å²) in [6.07, 6.45) is 0. The number of rotatable bonds is 6. The topological polar surface area (TPSA) is 8.17 Å². The van der Waals surface area contributed by atoms with Crippen LogP contribution < -0.4 is 4.90 Å². The van der Waals surface area contributed by atoms with Crippen molar-refractivity contribution in [2.75, 3.05) is 4.90 Å². The van der Waals surface area contributed by atoms with Gasteiger partial charge in [0.15, 0.2) is 0 Å². The Kier molecular flexibility index (Phi) is 7.55. The molecule has 10 aromatic rings. The SMILES string of the molecule is CC1(C)c2ccccc2-c2cccc(-c3ccc(N(c4ccc5c(c4)c4ccccc4n5-c4ccccc4)c4ccc(-c5ccccc5)c5ccccc45)cc3)c21. The van der Waals surface area contributed by atoms with E-state index in [1.807, 2.05) is 0 Å². The molecule has 270 valence electrons. The lowest BCUT2D eigenvalue weighted by molar-refractivity contribution is 0.662. The van der Waals surface area contributed by atoms with Gasteiger partial charge in [0.1, 0.15) is 0 Å². The number of para-hydroxylation sites is 2. The fourth-order valence-electron chi connectivity index (χ4n) is 9.61. The first-order chi connectivity index (χ1) is 28.1. The van der Waals surface area contributed by atoms with Gasteiger partial charge in [-0.25, -0.2) is 0 Å². The number of anilines is 3. The van der Waals surface area contributed by atoms with E-state index in [1.165, 1.54) is 77.1 Å². The quantitative estimate of drug-likeness (QED) is 0.165. The molecule has 0 aliphatic heterocycles. The molecule has 2 nitrogen and oxygen atoms in total. The molecule has 0 spiro atoms. The van der Waals surface area contributed by atoms with Crippen molar-refractivity contribution in [1.29, 1.82) is 0 Å². The zero-order chi connectivity index (χ0) is 38.1. The van der Waals surface area contributed by atoms with Crippen LogP contribution in [0, 0.1) is 0 Å². The van der Waals surface area contributed by atoms with Gasteiger partial charge < -0.3 is 9.47 Å². The first kappa shape index (κ1) is 33.2. The fraction of sp³-hybridized carbons (Fsp3) is 0.0545. The Morgan fingerprint density at radius 1 is 0.386 bits per heavy atom. The summed E-state index contributed by atoms with van der Waals surface area (Å²) in [6, 6.07) is 75.5. The van der Waals surface area contributed by atoms with Crippen LogP contribution in [0.4, 0.5) is 17.1 Å². The standard InChI is InChI=1S/C55H40N2/c1-55(2)50-26-13-11-21-45(50)48-25-15-24-43(54(48)55)38-28-30-40(31-29-38)56(52-35-33-42(37-16-5-3-6-17-37)44-20-9-10-22-46(44)52)41-32-34-53-49(36-41)47-23-12-14-27-51(47)57(53)39-18-7-4-8-19-39/h3-36H,1-2H3. The summed E-state index contributed by atoms with van der Waals surface area (Å²) < 4.78 is 2.38. The van der Waals surface area contributed by atoms with E-state index in [2.05, 4.69) is 230 Å². The van der Waals surface area contributed by atoms with Gasteiger partial charge in [0.05, 0.1) is 16.7 Å². The van der Waals surface area contributed by atoms with E-state index in [-0.39, 0.29) is 5.41 Å². The second kappa shape index (κ2) is 13.0. The van der Waals surface area contributed by atoms with Crippen LogP contribution in [0.2, 0.25) is 0 Å². The van der Waals surface area contributed by atoms with Crippen molar-refractivity contribution in [3.05, 3.63) is 217 Å². The Hall–Kier alpha value is -7.16. The van der Waals surface area contributed by atoms with Crippen molar-refractivity contribution in [3.63, 3.8) is 0 Å². The highest BCUT2D eigenvalue weighted by molar-refractivity contribution is 6.12. The number of hydrogen-bond acceptors (Lipinski definition) is 1. The van der Waals surface area contributed by atoms with Crippen LogP contribution >= 0.6 is 0 Å². The van der Waals surface area contributed by atoms with Gasteiger partial charge in [0, 0.05) is 38.6 Å². The number of benzene rings is 9. The van der Waals surface area contributed by atoms with Crippen LogP contribution in [0.25, 0.3) is 71.6 Å². The Morgan fingerprint density at radius 2 is 0.982 bits per heavy atom. The minimum absolute atomic E-state index is 0.0962. The lowest BCUT2D eigenvalue weighted by Gasteiger charge is -2.28. The maximum Gasteiger partial charge on any atom is 0.0542 e. The summed E-state index contributed by atoms with van der Waals surface area (Å²) in [5.41, 5.74) is 17.2. The molecule has 0 unspecified atom stereocenters. The molecular weight excluding hydrogens is 689 g/mol. The fourth-order valence-corrected chi connectivity index (χ4v) is 9.61. The number of nitrogens with zero attached hydrogens (tertiary/aromatic N) is 2. The first-order valence-corrected chi connectivity index (χ1v) is 19.9. The maximum absolute atomic E-state index is 2.45. The predicted molar refractivity (Wildman–Crippen MR) is 241 cm³/mol. The molecule has 0 saturated carbocycles. The summed E-state index contributed by atoms with van der Waals surface area (Å²) in [5.74, 6) is 0. The van der Waals surface area contributed by atoms with Crippen molar-refractivity contribution in [2.45, 2.75) is 19.3 Å². The van der Waals surface area contributed by atoms with E-state index >= 15 is 0 Å². The van der Waals surface area contributed by atoms with Crippen LogP contribution in [0.15, 0.2) is 206 Å². The zero-order valence-electron chi connectivity index (χ0n) is 32.0. The van der Waals surface area contributed by atoms with Crippen molar-refractivity contribution < 1.29 is 0 Å². The Labute approximate surface area is 333 Å². The molecule has 1 aliphatic rings. The number of hydrogen-bond donors (Lipinski definition) is 0. The third-order valence-electron chi connectivity index (χ3n) is 12.2. The van der Waals surface area contributed by atoms with Gasteiger partial charge in [0.2, 0.25) is 0 Å². The summed E-state index contributed by atoms with van der Waals surface area (Å²) in [4.78, 5) is 2.45. The molecule has 0 atom stereocenters. The zero-order valence-corrected chi connectivity index (χ0v) is 32.0. The molecule has 0 fully saturated rings. The monoisotopic (exact) mass is 728 g/mol. The molecule has 0 amide bonds. The first-order valence-electron chi connectivity index (χ1n) is 19.9. The Bertz CT molecular complexity index is 3130. The molecule has 0 saturated heterocycles. The van der Waals surface area contributed by atoms with Gasteiger partial charge in [-0.3, -0.25) is 0 Å².